The quantitative estimate of drug-likeness (QED) is 0.745. The fraction of sp³-hybridized carbons (Fsp3) is 0.917. The Labute approximate surface area is 101 Å². The molecule has 0 radical (unpaired) electrons. The molecule has 3 aliphatic rings. The van der Waals surface area contributed by atoms with Crippen molar-refractivity contribution in [3.8, 4) is 0 Å². The summed E-state index contributed by atoms with van der Waals surface area (Å²) in [6.07, 6.45) is 4.91. The molecule has 4 heteroatoms. The molecule has 0 spiro atoms. The summed E-state index contributed by atoms with van der Waals surface area (Å²) in [7, 11) is 0. The van der Waals surface area contributed by atoms with E-state index in [2.05, 4.69) is 10.2 Å². The Bertz CT molecular complexity index is 264. The average molecular weight is 240 g/mol. The van der Waals surface area contributed by atoms with Gasteiger partial charge in [0.15, 0.2) is 0 Å². The van der Waals surface area contributed by atoms with Gasteiger partial charge < -0.3 is 10.2 Å². The summed E-state index contributed by atoms with van der Waals surface area (Å²) < 4.78 is 0. The van der Waals surface area contributed by atoms with Crippen LogP contribution >= 0.6 is 11.8 Å². The minimum Gasteiger partial charge on any atom is -0.340 e. The number of carbonyl (C=O) groups is 1. The summed E-state index contributed by atoms with van der Waals surface area (Å²) in [6, 6.07) is 0.587. The minimum atomic E-state index is 0.278. The molecule has 0 aromatic rings. The van der Waals surface area contributed by atoms with Crippen LogP contribution in [0.25, 0.3) is 0 Å². The predicted octanol–water partition coefficient (Wildman–Crippen LogP) is 1.09. The summed E-state index contributed by atoms with van der Waals surface area (Å²) in [5.74, 6) is 2.32. The van der Waals surface area contributed by atoms with Crippen molar-refractivity contribution in [2.24, 2.45) is 5.92 Å². The zero-order valence-corrected chi connectivity index (χ0v) is 10.5. The van der Waals surface area contributed by atoms with E-state index in [4.69, 9.17) is 0 Å². The maximum absolute atomic E-state index is 12.3. The molecule has 3 aliphatic heterocycles. The Morgan fingerprint density at radius 3 is 2.94 bits per heavy atom. The molecule has 90 valence electrons. The molecular formula is C12H20N2OS. The van der Waals surface area contributed by atoms with Crippen LogP contribution in [-0.2, 0) is 4.79 Å². The van der Waals surface area contributed by atoms with E-state index in [0.717, 1.165) is 32.0 Å². The maximum atomic E-state index is 12.3. The number of carbonyl (C=O) groups excluding carboxylic acids is 1. The van der Waals surface area contributed by atoms with Crippen molar-refractivity contribution < 1.29 is 4.79 Å². The fourth-order valence-corrected chi connectivity index (χ4v) is 4.45. The summed E-state index contributed by atoms with van der Waals surface area (Å²) >= 11 is 1.86. The highest BCUT2D eigenvalue weighted by atomic mass is 32.2. The summed E-state index contributed by atoms with van der Waals surface area (Å²) in [4.78, 5) is 14.4. The lowest BCUT2D eigenvalue weighted by molar-refractivity contribution is -0.129. The average Bonchev–Trinajstić information content (AvgIpc) is 2.97. The van der Waals surface area contributed by atoms with Crippen molar-refractivity contribution in [1.82, 2.24) is 10.2 Å². The third-order valence-corrected chi connectivity index (χ3v) is 5.48. The van der Waals surface area contributed by atoms with Crippen LogP contribution in [-0.4, -0.2) is 47.5 Å². The number of likely N-dealkylation sites (tertiary alicyclic amines) is 1. The number of piperidine rings is 1. The van der Waals surface area contributed by atoms with Gasteiger partial charge in [-0.2, -0.15) is 0 Å². The van der Waals surface area contributed by atoms with Gasteiger partial charge in [-0.1, -0.05) is 0 Å². The molecule has 3 rings (SSSR count). The molecule has 1 amide bonds. The van der Waals surface area contributed by atoms with Crippen LogP contribution in [0.1, 0.15) is 25.7 Å². The van der Waals surface area contributed by atoms with Gasteiger partial charge in [0.25, 0.3) is 0 Å². The second kappa shape index (κ2) is 4.57. The summed E-state index contributed by atoms with van der Waals surface area (Å²) in [6.45, 7) is 3.11. The van der Waals surface area contributed by atoms with E-state index in [9.17, 15) is 4.79 Å². The van der Waals surface area contributed by atoms with Crippen molar-refractivity contribution in [2.45, 2.75) is 37.0 Å². The first-order chi connectivity index (χ1) is 7.84. The van der Waals surface area contributed by atoms with E-state index in [-0.39, 0.29) is 5.25 Å². The zero-order valence-electron chi connectivity index (χ0n) is 9.65. The van der Waals surface area contributed by atoms with E-state index < -0.39 is 0 Å². The van der Waals surface area contributed by atoms with E-state index in [1.165, 1.54) is 25.0 Å². The van der Waals surface area contributed by atoms with Crippen LogP contribution in [0.15, 0.2) is 0 Å². The third-order valence-electron chi connectivity index (χ3n) is 4.12. The normalized spacial score (nSPS) is 38.8. The SMILES string of the molecule is O=C(C1CCCS1)N1C[C@@H]2CCCN[C@@H]2C1. The molecule has 0 aromatic carbocycles. The van der Waals surface area contributed by atoms with Crippen molar-refractivity contribution in [2.75, 3.05) is 25.4 Å². The van der Waals surface area contributed by atoms with Gasteiger partial charge in [-0.05, 0) is 43.9 Å². The number of fused-ring (bicyclic) bond motifs is 1. The maximum Gasteiger partial charge on any atom is 0.235 e. The Morgan fingerprint density at radius 2 is 2.19 bits per heavy atom. The highest BCUT2D eigenvalue weighted by Gasteiger charge is 2.38. The molecular weight excluding hydrogens is 220 g/mol. The largest absolute Gasteiger partial charge is 0.340 e. The van der Waals surface area contributed by atoms with Gasteiger partial charge in [-0.15, -0.1) is 11.8 Å². The predicted molar refractivity (Wildman–Crippen MR) is 66.6 cm³/mol. The number of thioether (sulfide) groups is 1. The Hall–Kier alpha value is -0.220. The molecule has 0 saturated carbocycles. The van der Waals surface area contributed by atoms with Crippen LogP contribution < -0.4 is 5.32 Å². The third kappa shape index (κ3) is 1.97. The van der Waals surface area contributed by atoms with E-state index >= 15 is 0 Å². The monoisotopic (exact) mass is 240 g/mol. The van der Waals surface area contributed by atoms with Gasteiger partial charge in [0.05, 0.1) is 5.25 Å². The highest BCUT2D eigenvalue weighted by molar-refractivity contribution is 8.00. The molecule has 3 fully saturated rings. The Morgan fingerprint density at radius 1 is 1.25 bits per heavy atom. The molecule has 3 saturated heterocycles. The smallest absolute Gasteiger partial charge is 0.235 e. The van der Waals surface area contributed by atoms with Crippen molar-refractivity contribution in [3.63, 3.8) is 0 Å². The number of nitrogens with zero attached hydrogens (tertiary/aromatic N) is 1. The van der Waals surface area contributed by atoms with Gasteiger partial charge in [-0.25, -0.2) is 0 Å². The molecule has 16 heavy (non-hydrogen) atoms. The minimum absolute atomic E-state index is 0.278. The van der Waals surface area contributed by atoms with Crippen molar-refractivity contribution >= 4 is 17.7 Å². The molecule has 0 bridgehead atoms. The number of hydrogen-bond donors (Lipinski definition) is 1. The highest BCUT2D eigenvalue weighted by Crippen LogP contribution is 2.31. The summed E-state index contributed by atoms with van der Waals surface area (Å²) in [5, 5.41) is 3.83. The standard InChI is InChI=1S/C12H20N2OS/c15-12(11-4-2-6-16-11)14-7-9-3-1-5-13-10(9)8-14/h9-11,13H,1-8H2/t9-,10+,11?/m0/s1. The molecule has 0 aromatic heterocycles. The van der Waals surface area contributed by atoms with E-state index in [1.807, 2.05) is 11.8 Å². The first-order valence-electron chi connectivity index (χ1n) is 6.48. The fourth-order valence-electron chi connectivity index (χ4n) is 3.20. The van der Waals surface area contributed by atoms with Crippen LogP contribution in [0, 0.1) is 5.92 Å². The van der Waals surface area contributed by atoms with Gasteiger partial charge in [0.1, 0.15) is 0 Å². The van der Waals surface area contributed by atoms with Crippen LogP contribution in [0.2, 0.25) is 0 Å². The number of amides is 1. The number of nitrogens with one attached hydrogen (secondary N) is 1. The molecule has 0 aliphatic carbocycles. The second-order valence-corrected chi connectivity index (χ2v) is 6.52. The van der Waals surface area contributed by atoms with Crippen molar-refractivity contribution in [1.29, 1.82) is 0 Å². The van der Waals surface area contributed by atoms with Crippen molar-refractivity contribution in [3.05, 3.63) is 0 Å². The van der Waals surface area contributed by atoms with Crippen LogP contribution in [0.4, 0.5) is 0 Å². The lowest BCUT2D eigenvalue weighted by Gasteiger charge is -2.24. The molecule has 1 N–H and O–H groups in total. The summed E-state index contributed by atoms with van der Waals surface area (Å²) in [5.41, 5.74) is 0. The Balaban J connectivity index is 1.61. The molecule has 1 unspecified atom stereocenters. The topological polar surface area (TPSA) is 32.3 Å². The first-order valence-corrected chi connectivity index (χ1v) is 7.53. The van der Waals surface area contributed by atoms with Crippen LogP contribution in [0.3, 0.4) is 0 Å². The van der Waals surface area contributed by atoms with Gasteiger partial charge >= 0.3 is 0 Å². The molecule has 3 atom stereocenters. The number of rotatable bonds is 1. The lowest BCUT2D eigenvalue weighted by Crippen LogP contribution is -2.41. The van der Waals surface area contributed by atoms with Gasteiger partial charge in [-0.3, -0.25) is 4.79 Å². The number of hydrogen-bond acceptors (Lipinski definition) is 3. The molecule has 3 heterocycles. The van der Waals surface area contributed by atoms with Crippen LogP contribution in [0.5, 0.6) is 0 Å². The second-order valence-electron chi connectivity index (χ2n) is 5.21. The lowest BCUT2D eigenvalue weighted by atomic mass is 9.94. The van der Waals surface area contributed by atoms with Gasteiger partial charge in [0.2, 0.25) is 5.91 Å². The van der Waals surface area contributed by atoms with E-state index in [1.54, 1.807) is 0 Å². The van der Waals surface area contributed by atoms with Gasteiger partial charge in [0, 0.05) is 19.1 Å². The molecule has 3 nitrogen and oxygen atoms in total. The van der Waals surface area contributed by atoms with E-state index in [0.29, 0.717) is 11.9 Å². The zero-order chi connectivity index (χ0) is 11.0. The first kappa shape index (κ1) is 10.9. The Kier molecular flexibility index (Phi) is 3.11.